The Morgan fingerprint density at radius 2 is 2.07 bits per heavy atom. The number of hydrogen-bond acceptors (Lipinski definition) is 4. The lowest BCUT2D eigenvalue weighted by atomic mass is 10.1. The predicted octanol–water partition coefficient (Wildman–Crippen LogP) is 2.55. The van der Waals surface area contributed by atoms with Gasteiger partial charge in [-0.1, -0.05) is 12.1 Å². The molecule has 7 heteroatoms. The van der Waals surface area contributed by atoms with E-state index >= 15 is 0 Å². The summed E-state index contributed by atoms with van der Waals surface area (Å²) in [6, 6.07) is 13.2. The minimum atomic E-state index is -0.248. The van der Waals surface area contributed by atoms with Crippen LogP contribution in [-0.2, 0) is 17.8 Å². The first-order chi connectivity index (χ1) is 14.1. The summed E-state index contributed by atoms with van der Waals surface area (Å²) in [7, 11) is 1.64. The number of rotatable bonds is 6. The number of carbonyl (C=O) groups excluding carboxylic acids is 1. The zero-order chi connectivity index (χ0) is 20.4. The smallest absolute Gasteiger partial charge is 0.272 e. The Balaban J connectivity index is 1.46. The lowest BCUT2D eigenvalue weighted by Gasteiger charge is -2.11. The quantitative estimate of drug-likeness (QED) is 0.530. The molecule has 2 heterocycles. The Morgan fingerprint density at radius 1 is 1.24 bits per heavy atom. The van der Waals surface area contributed by atoms with E-state index in [1.54, 1.807) is 20.1 Å². The van der Waals surface area contributed by atoms with Gasteiger partial charge in [0.25, 0.3) is 5.56 Å². The fraction of sp³-hybridized carbons (Fsp3) is 0.227. The summed E-state index contributed by atoms with van der Waals surface area (Å²) in [4.78, 5) is 32.5. The zero-order valence-electron chi connectivity index (χ0n) is 16.4. The molecule has 0 spiro atoms. The summed E-state index contributed by atoms with van der Waals surface area (Å²) < 4.78 is 6.77. The molecule has 4 aromatic rings. The van der Waals surface area contributed by atoms with Crippen LogP contribution < -0.4 is 15.6 Å². The largest absolute Gasteiger partial charge is 0.497 e. The van der Waals surface area contributed by atoms with Gasteiger partial charge in [0.05, 0.1) is 18.1 Å². The monoisotopic (exact) mass is 390 g/mol. The number of hydrogen-bond donors (Lipinski definition) is 2. The number of nitrogens with one attached hydrogen (secondary N) is 2. The maximum atomic E-state index is 12.5. The fourth-order valence-corrected chi connectivity index (χ4v) is 3.50. The van der Waals surface area contributed by atoms with E-state index in [1.807, 2.05) is 42.6 Å². The number of carbonyl (C=O) groups is 1. The third kappa shape index (κ3) is 3.71. The van der Waals surface area contributed by atoms with Gasteiger partial charge in [-0.15, -0.1) is 0 Å². The zero-order valence-corrected chi connectivity index (χ0v) is 16.4. The van der Waals surface area contributed by atoms with Crippen molar-refractivity contribution < 1.29 is 9.53 Å². The molecule has 2 N–H and O–H groups in total. The van der Waals surface area contributed by atoms with E-state index < -0.39 is 0 Å². The second kappa shape index (κ2) is 7.79. The number of methoxy groups -OCH3 is 1. The summed E-state index contributed by atoms with van der Waals surface area (Å²) >= 11 is 0. The second-order valence-corrected chi connectivity index (χ2v) is 6.90. The van der Waals surface area contributed by atoms with Crippen LogP contribution in [0.25, 0.3) is 21.9 Å². The minimum Gasteiger partial charge on any atom is -0.497 e. The van der Waals surface area contributed by atoms with Crippen LogP contribution in [0.4, 0.5) is 0 Å². The third-order valence-electron chi connectivity index (χ3n) is 5.01. The van der Waals surface area contributed by atoms with Gasteiger partial charge in [0.2, 0.25) is 5.91 Å². The van der Waals surface area contributed by atoms with E-state index in [4.69, 9.17) is 4.74 Å². The maximum absolute atomic E-state index is 12.5. The van der Waals surface area contributed by atoms with Crippen LogP contribution in [0.1, 0.15) is 11.3 Å². The average molecular weight is 390 g/mol. The van der Waals surface area contributed by atoms with Gasteiger partial charge in [-0.25, -0.2) is 4.98 Å². The molecule has 4 rings (SSSR count). The standard InChI is InChI=1S/C22H22N4O3/c1-14-22(28)26(20-6-4-3-5-19(20)25-14)13-21(27)23-10-9-15-12-24-18-8-7-16(29-2)11-17(15)18/h3-8,11-12,24H,9-10,13H2,1-2H3,(H,23,27). The topological polar surface area (TPSA) is 89.0 Å². The molecule has 0 unspecified atom stereocenters. The number of amides is 1. The number of nitrogens with zero attached hydrogens (tertiary/aromatic N) is 2. The van der Waals surface area contributed by atoms with E-state index in [0.29, 0.717) is 29.7 Å². The summed E-state index contributed by atoms with van der Waals surface area (Å²) in [5.74, 6) is 0.585. The number of benzene rings is 2. The Bertz CT molecular complexity index is 1260. The Kier molecular flexibility index (Phi) is 5.03. The van der Waals surface area contributed by atoms with Gasteiger partial charge in [-0.05, 0) is 49.2 Å². The van der Waals surface area contributed by atoms with Gasteiger partial charge < -0.3 is 15.0 Å². The summed E-state index contributed by atoms with van der Waals surface area (Å²) in [6.45, 7) is 2.10. The molecule has 0 saturated carbocycles. The number of aromatic nitrogens is 3. The first kappa shape index (κ1) is 18.7. The van der Waals surface area contributed by atoms with Gasteiger partial charge >= 0.3 is 0 Å². The molecular weight excluding hydrogens is 368 g/mol. The van der Waals surface area contributed by atoms with E-state index in [-0.39, 0.29) is 18.0 Å². The van der Waals surface area contributed by atoms with E-state index in [1.165, 1.54) is 4.57 Å². The van der Waals surface area contributed by atoms with Crippen molar-refractivity contribution in [1.82, 2.24) is 19.9 Å². The van der Waals surface area contributed by atoms with Crippen LogP contribution in [0, 0.1) is 6.92 Å². The van der Waals surface area contributed by atoms with Gasteiger partial charge in [0.1, 0.15) is 18.0 Å². The number of aryl methyl sites for hydroxylation is 1. The number of fused-ring (bicyclic) bond motifs is 2. The van der Waals surface area contributed by atoms with Crippen molar-refractivity contribution in [3.8, 4) is 5.75 Å². The fourth-order valence-electron chi connectivity index (χ4n) is 3.50. The first-order valence-electron chi connectivity index (χ1n) is 9.43. The van der Waals surface area contributed by atoms with Gasteiger partial charge in [-0.3, -0.25) is 14.2 Å². The summed E-state index contributed by atoms with van der Waals surface area (Å²) in [5.41, 5.74) is 3.61. The van der Waals surface area contributed by atoms with E-state index in [2.05, 4.69) is 15.3 Å². The molecule has 148 valence electrons. The number of aromatic amines is 1. The van der Waals surface area contributed by atoms with Crippen LogP contribution in [0.3, 0.4) is 0 Å². The molecule has 0 aliphatic rings. The Labute approximate surface area is 167 Å². The maximum Gasteiger partial charge on any atom is 0.272 e. The molecule has 0 fully saturated rings. The van der Waals surface area contributed by atoms with E-state index in [9.17, 15) is 9.59 Å². The molecule has 0 atom stereocenters. The highest BCUT2D eigenvalue weighted by atomic mass is 16.5. The molecule has 29 heavy (non-hydrogen) atoms. The first-order valence-corrected chi connectivity index (χ1v) is 9.43. The summed E-state index contributed by atoms with van der Waals surface area (Å²) in [6.07, 6.45) is 2.62. The van der Waals surface area contributed by atoms with Gasteiger partial charge in [-0.2, -0.15) is 0 Å². The average Bonchev–Trinajstić information content (AvgIpc) is 3.13. The van der Waals surface area contributed by atoms with Gasteiger partial charge in [0.15, 0.2) is 0 Å². The Morgan fingerprint density at radius 3 is 2.90 bits per heavy atom. The highest BCUT2D eigenvalue weighted by molar-refractivity contribution is 5.85. The van der Waals surface area contributed by atoms with Crippen molar-refractivity contribution >= 4 is 27.8 Å². The molecule has 0 aliphatic heterocycles. The molecule has 0 aliphatic carbocycles. The molecule has 2 aromatic carbocycles. The molecular formula is C22H22N4O3. The second-order valence-electron chi connectivity index (χ2n) is 6.90. The number of ether oxygens (including phenoxy) is 1. The van der Waals surface area contributed by atoms with Crippen molar-refractivity contribution in [2.75, 3.05) is 13.7 Å². The highest BCUT2D eigenvalue weighted by Crippen LogP contribution is 2.23. The van der Waals surface area contributed by atoms with Crippen LogP contribution in [0.5, 0.6) is 5.75 Å². The minimum absolute atomic E-state index is 0.0373. The van der Waals surface area contributed by atoms with Crippen LogP contribution >= 0.6 is 0 Å². The lowest BCUT2D eigenvalue weighted by Crippen LogP contribution is -2.34. The van der Waals surface area contributed by atoms with Crippen molar-refractivity contribution in [2.45, 2.75) is 19.9 Å². The lowest BCUT2D eigenvalue weighted by molar-refractivity contribution is -0.121. The van der Waals surface area contributed by atoms with Gasteiger partial charge in [0, 0.05) is 23.6 Å². The Hall–Kier alpha value is -3.61. The molecule has 1 amide bonds. The highest BCUT2D eigenvalue weighted by Gasteiger charge is 2.12. The summed E-state index contributed by atoms with van der Waals surface area (Å²) in [5, 5.41) is 3.98. The molecule has 0 bridgehead atoms. The van der Waals surface area contributed by atoms with Crippen LogP contribution in [-0.4, -0.2) is 34.1 Å². The van der Waals surface area contributed by atoms with Crippen LogP contribution in [0.2, 0.25) is 0 Å². The van der Waals surface area contributed by atoms with Crippen LogP contribution in [0.15, 0.2) is 53.5 Å². The number of para-hydroxylation sites is 2. The van der Waals surface area contributed by atoms with Crippen molar-refractivity contribution in [3.63, 3.8) is 0 Å². The third-order valence-corrected chi connectivity index (χ3v) is 5.01. The molecule has 0 saturated heterocycles. The van der Waals surface area contributed by atoms with Crippen molar-refractivity contribution in [3.05, 3.63) is 70.3 Å². The number of H-pyrrole nitrogens is 1. The SMILES string of the molecule is COc1ccc2[nH]cc(CCNC(=O)Cn3c(=O)c(C)nc4ccccc43)c2c1. The van der Waals surface area contributed by atoms with E-state index in [0.717, 1.165) is 22.2 Å². The molecule has 0 radical (unpaired) electrons. The predicted molar refractivity (Wildman–Crippen MR) is 112 cm³/mol. The molecule has 2 aromatic heterocycles. The van der Waals surface area contributed by atoms with Crippen molar-refractivity contribution in [1.29, 1.82) is 0 Å². The normalized spacial score (nSPS) is 11.1. The van der Waals surface area contributed by atoms with Crippen molar-refractivity contribution in [2.24, 2.45) is 0 Å². The molecule has 7 nitrogen and oxygen atoms in total.